The Bertz CT molecular complexity index is 721. The Hall–Kier alpha value is -2.29. The molecule has 28 heavy (non-hydrogen) atoms. The van der Waals surface area contributed by atoms with Gasteiger partial charge in [-0.15, -0.1) is 0 Å². The largest absolute Gasteiger partial charge is 0.465 e. The highest BCUT2D eigenvalue weighted by atomic mass is 19.4. The molecule has 0 unspecified atom stereocenters. The molecule has 1 aliphatic heterocycles. The number of rotatable bonds is 3. The Morgan fingerprint density at radius 3 is 2.18 bits per heavy atom. The Balaban J connectivity index is 2.03. The van der Waals surface area contributed by atoms with E-state index in [9.17, 15) is 22.8 Å². The Kier molecular flexibility index (Phi) is 6.59. The van der Waals surface area contributed by atoms with Crippen molar-refractivity contribution >= 4 is 12.1 Å². The van der Waals surface area contributed by atoms with Crippen molar-refractivity contribution in [1.82, 2.24) is 9.80 Å². The van der Waals surface area contributed by atoms with E-state index in [1.165, 1.54) is 6.07 Å². The molecule has 156 valence electrons. The summed E-state index contributed by atoms with van der Waals surface area (Å²) in [7, 11) is 1.04. The van der Waals surface area contributed by atoms with Gasteiger partial charge in [-0.1, -0.05) is 6.07 Å². The first-order chi connectivity index (χ1) is 12.9. The van der Waals surface area contributed by atoms with Crippen molar-refractivity contribution in [2.75, 3.05) is 33.3 Å². The van der Waals surface area contributed by atoms with Crippen molar-refractivity contribution in [3.05, 3.63) is 34.9 Å². The topological polar surface area (TPSA) is 59.1 Å². The third kappa shape index (κ3) is 5.85. The molecule has 1 saturated heterocycles. The average molecular weight is 402 g/mol. The Morgan fingerprint density at radius 2 is 1.68 bits per heavy atom. The predicted molar refractivity (Wildman–Crippen MR) is 95.9 cm³/mol. The lowest BCUT2D eigenvalue weighted by Crippen LogP contribution is -2.49. The summed E-state index contributed by atoms with van der Waals surface area (Å²) in [4.78, 5) is 27.2. The lowest BCUT2D eigenvalue weighted by atomic mass is 10.0. The number of benzene rings is 1. The van der Waals surface area contributed by atoms with Gasteiger partial charge in [-0.2, -0.15) is 13.2 Å². The zero-order valence-electron chi connectivity index (χ0n) is 16.4. The van der Waals surface area contributed by atoms with Crippen LogP contribution in [0, 0.1) is 0 Å². The molecule has 0 bridgehead atoms. The van der Waals surface area contributed by atoms with Gasteiger partial charge >= 0.3 is 18.2 Å². The first-order valence-corrected chi connectivity index (χ1v) is 8.89. The first kappa shape index (κ1) is 22.0. The second-order valence-corrected chi connectivity index (χ2v) is 7.61. The summed E-state index contributed by atoms with van der Waals surface area (Å²) in [6.07, 6.45) is -5.05. The standard InChI is InChI=1S/C19H25F3N2O4/c1-18(2,3)28-17(26)24-9-7-23(8-10-24)12-13-5-6-14(16(25)27-4)15(11-13)19(20,21)22/h5-6,11H,7-10,12H2,1-4H3. The fraction of sp³-hybridized carbons (Fsp3) is 0.579. The molecule has 0 radical (unpaired) electrons. The number of esters is 1. The number of methoxy groups -OCH3 is 1. The number of hydrogen-bond acceptors (Lipinski definition) is 5. The van der Waals surface area contributed by atoms with Crippen LogP contribution >= 0.6 is 0 Å². The van der Waals surface area contributed by atoms with Gasteiger partial charge in [0.05, 0.1) is 18.2 Å². The zero-order chi connectivity index (χ0) is 21.1. The van der Waals surface area contributed by atoms with Crippen LogP contribution in [0.4, 0.5) is 18.0 Å². The fourth-order valence-electron chi connectivity index (χ4n) is 2.89. The van der Waals surface area contributed by atoms with Crippen LogP contribution in [0.25, 0.3) is 0 Å². The molecule has 1 heterocycles. The molecule has 2 rings (SSSR count). The lowest BCUT2D eigenvalue weighted by Gasteiger charge is -2.35. The van der Waals surface area contributed by atoms with E-state index < -0.39 is 35.0 Å². The molecule has 1 amide bonds. The van der Waals surface area contributed by atoms with Crippen LogP contribution in [0.5, 0.6) is 0 Å². The van der Waals surface area contributed by atoms with Gasteiger partial charge in [-0.25, -0.2) is 9.59 Å². The van der Waals surface area contributed by atoms with Crippen molar-refractivity contribution in [1.29, 1.82) is 0 Å². The fourth-order valence-corrected chi connectivity index (χ4v) is 2.89. The molecule has 1 aromatic rings. The van der Waals surface area contributed by atoms with E-state index in [1.54, 1.807) is 25.7 Å². The van der Waals surface area contributed by atoms with Crippen LogP contribution in [0.3, 0.4) is 0 Å². The van der Waals surface area contributed by atoms with Gasteiger partial charge in [0.2, 0.25) is 0 Å². The quantitative estimate of drug-likeness (QED) is 0.724. The van der Waals surface area contributed by atoms with Crippen LogP contribution in [-0.2, 0) is 22.2 Å². The average Bonchev–Trinajstić information content (AvgIpc) is 2.59. The SMILES string of the molecule is COC(=O)c1ccc(CN2CCN(C(=O)OC(C)(C)C)CC2)cc1C(F)(F)F. The summed E-state index contributed by atoms with van der Waals surface area (Å²) in [5.41, 5.74) is -1.66. The third-order valence-electron chi connectivity index (χ3n) is 4.22. The third-order valence-corrected chi connectivity index (χ3v) is 4.22. The molecule has 0 atom stereocenters. The van der Waals surface area contributed by atoms with E-state index in [2.05, 4.69) is 4.74 Å². The maximum atomic E-state index is 13.3. The molecule has 1 fully saturated rings. The molecule has 6 nitrogen and oxygen atoms in total. The summed E-state index contributed by atoms with van der Waals surface area (Å²) in [6, 6.07) is 3.61. The molecular weight excluding hydrogens is 377 g/mol. The number of carbonyl (C=O) groups is 2. The van der Waals surface area contributed by atoms with E-state index >= 15 is 0 Å². The number of alkyl halides is 3. The smallest absolute Gasteiger partial charge is 0.417 e. The minimum absolute atomic E-state index is 0.284. The zero-order valence-corrected chi connectivity index (χ0v) is 16.4. The highest BCUT2D eigenvalue weighted by Gasteiger charge is 2.36. The second-order valence-electron chi connectivity index (χ2n) is 7.61. The normalized spacial score (nSPS) is 16.0. The monoisotopic (exact) mass is 402 g/mol. The Labute approximate surface area is 162 Å². The van der Waals surface area contributed by atoms with Crippen molar-refractivity contribution in [2.45, 2.75) is 39.1 Å². The molecule has 0 N–H and O–H groups in total. The number of piperazine rings is 1. The molecule has 1 aliphatic rings. The molecule has 0 spiro atoms. The molecule has 1 aromatic carbocycles. The number of amides is 1. The van der Waals surface area contributed by atoms with Crippen LogP contribution in [0.1, 0.15) is 42.3 Å². The van der Waals surface area contributed by atoms with Crippen LogP contribution in [0.15, 0.2) is 18.2 Å². The molecule has 9 heteroatoms. The lowest BCUT2D eigenvalue weighted by molar-refractivity contribution is -0.138. The van der Waals surface area contributed by atoms with Gasteiger partial charge < -0.3 is 14.4 Å². The minimum atomic E-state index is -4.66. The van der Waals surface area contributed by atoms with E-state index in [4.69, 9.17) is 4.74 Å². The highest BCUT2D eigenvalue weighted by Crippen LogP contribution is 2.33. The van der Waals surface area contributed by atoms with Gasteiger partial charge in [0.15, 0.2) is 0 Å². The molecule has 0 aliphatic carbocycles. The number of halogens is 3. The van der Waals surface area contributed by atoms with E-state index in [1.807, 2.05) is 4.90 Å². The summed E-state index contributed by atoms with van der Waals surface area (Å²) >= 11 is 0. The van der Waals surface area contributed by atoms with Crippen molar-refractivity contribution < 1.29 is 32.2 Å². The molecular formula is C19H25F3N2O4. The van der Waals surface area contributed by atoms with Gasteiger partial charge in [0, 0.05) is 32.7 Å². The van der Waals surface area contributed by atoms with E-state index in [0.29, 0.717) is 31.7 Å². The summed E-state index contributed by atoms with van der Waals surface area (Å²) in [5, 5.41) is 0. The molecule has 0 saturated carbocycles. The van der Waals surface area contributed by atoms with E-state index in [0.717, 1.165) is 19.2 Å². The predicted octanol–water partition coefficient (Wildman–Crippen LogP) is 3.54. The highest BCUT2D eigenvalue weighted by molar-refractivity contribution is 5.91. The van der Waals surface area contributed by atoms with E-state index in [-0.39, 0.29) is 6.54 Å². The summed E-state index contributed by atoms with van der Waals surface area (Å²) in [6.45, 7) is 7.54. The maximum Gasteiger partial charge on any atom is 0.417 e. The minimum Gasteiger partial charge on any atom is -0.465 e. The Morgan fingerprint density at radius 1 is 1.07 bits per heavy atom. The van der Waals surface area contributed by atoms with Gasteiger partial charge in [0.25, 0.3) is 0 Å². The summed E-state index contributed by atoms with van der Waals surface area (Å²) in [5.74, 6) is -1.02. The number of carbonyl (C=O) groups excluding carboxylic acids is 2. The second kappa shape index (κ2) is 8.38. The number of hydrogen-bond donors (Lipinski definition) is 0. The number of nitrogens with zero attached hydrogens (tertiary/aromatic N) is 2. The number of ether oxygens (including phenoxy) is 2. The van der Waals surface area contributed by atoms with Crippen LogP contribution in [0.2, 0.25) is 0 Å². The van der Waals surface area contributed by atoms with Gasteiger partial charge in [-0.05, 0) is 38.5 Å². The van der Waals surface area contributed by atoms with Crippen LogP contribution < -0.4 is 0 Å². The van der Waals surface area contributed by atoms with Gasteiger partial charge in [-0.3, -0.25) is 4.90 Å². The van der Waals surface area contributed by atoms with Crippen molar-refractivity contribution in [3.63, 3.8) is 0 Å². The van der Waals surface area contributed by atoms with Crippen molar-refractivity contribution in [3.8, 4) is 0 Å². The van der Waals surface area contributed by atoms with Gasteiger partial charge in [0.1, 0.15) is 5.60 Å². The van der Waals surface area contributed by atoms with Crippen LogP contribution in [-0.4, -0.2) is 60.8 Å². The van der Waals surface area contributed by atoms with Crippen molar-refractivity contribution in [2.24, 2.45) is 0 Å². The molecule has 0 aromatic heterocycles. The first-order valence-electron chi connectivity index (χ1n) is 8.89. The summed E-state index contributed by atoms with van der Waals surface area (Å²) < 4.78 is 49.7. The maximum absolute atomic E-state index is 13.3.